The van der Waals surface area contributed by atoms with Gasteiger partial charge in [0.1, 0.15) is 6.10 Å². The number of hydrazine groups is 1. The maximum atomic E-state index is 10.7. The summed E-state index contributed by atoms with van der Waals surface area (Å²) >= 11 is 0. The highest BCUT2D eigenvalue weighted by molar-refractivity contribution is 5.66. The number of carbonyl (C=O) groups is 1. The minimum absolute atomic E-state index is 0.0656. The Morgan fingerprint density at radius 1 is 1.54 bits per heavy atom. The van der Waals surface area contributed by atoms with Crippen LogP contribution < -0.4 is 11.3 Å². The molecule has 0 radical (unpaired) electrons. The molecular weight excluding hydrogens is 168 g/mol. The van der Waals surface area contributed by atoms with E-state index in [0.29, 0.717) is 0 Å². The summed E-state index contributed by atoms with van der Waals surface area (Å²) in [4.78, 5) is 10.7. The van der Waals surface area contributed by atoms with Crippen LogP contribution in [0.15, 0.2) is 0 Å². The predicted octanol–water partition coefficient (Wildman–Crippen LogP) is 0.962. The van der Waals surface area contributed by atoms with E-state index < -0.39 is 0 Å². The Hall–Kier alpha value is -0.610. The second-order valence-electron chi connectivity index (χ2n) is 3.12. The van der Waals surface area contributed by atoms with E-state index in [-0.39, 0.29) is 12.1 Å². The standard InChI is InChI=1S/C9H20N2O2/c1-3-5-9(13-8(2)12)6-4-7-11-10/h9,11H,3-7,10H2,1-2H3. The zero-order valence-electron chi connectivity index (χ0n) is 8.51. The zero-order valence-corrected chi connectivity index (χ0v) is 8.51. The van der Waals surface area contributed by atoms with E-state index in [4.69, 9.17) is 10.6 Å². The van der Waals surface area contributed by atoms with Crippen molar-refractivity contribution < 1.29 is 9.53 Å². The number of nitrogens with two attached hydrogens (primary N) is 1. The third kappa shape index (κ3) is 7.74. The molecule has 4 nitrogen and oxygen atoms in total. The quantitative estimate of drug-likeness (QED) is 0.270. The smallest absolute Gasteiger partial charge is 0.302 e. The fourth-order valence-electron chi connectivity index (χ4n) is 1.25. The molecule has 0 saturated heterocycles. The summed E-state index contributed by atoms with van der Waals surface area (Å²) in [7, 11) is 0. The number of rotatable bonds is 7. The van der Waals surface area contributed by atoms with Crippen LogP contribution in [0.2, 0.25) is 0 Å². The predicted molar refractivity (Wildman–Crippen MR) is 51.9 cm³/mol. The molecule has 0 aromatic rings. The van der Waals surface area contributed by atoms with Gasteiger partial charge in [0.15, 0.2) is 0 Å². The van der Waals surface area contributed by atoms with Crippen molar-refractivity contribution in [3.05, 3.63) is 0 Å². The summed E-state index contributed by atoms with van der Waals surface area (Å²) in [5, 5.41) is 0. The lowest BCUT2D eigenvalue weighted by molar-refractivity contribution is -0.147. The van der Waals surface area contributed by atoms with Crippen LogP contribution in [0, 0.1) is 0 Å². The number of nitrogens with one attached hydrogen (secondary N) is 1. The van der Waals surface area contributed by atoms with Crippen LogP contribution >= 0.6 is 0 Å². The first kappa shape index (κ1) is 12.4. The van der Waals surface area contributed by atoms with E-state index in [1.807, 2.05) is 0 Å². The fraction of sp³-hybridized carbons (Fsp3) is 0.889. The SMILES string of the molecule is CCCC(CCCNN)OC(C)=O. The summed E-state index contributed by atoms with van der Waals surface area (Å²) in [6.07, 6.45) is 3.86. The molecule has 0 amide bonds. The molecule has 0 aromatic carbocycles. The lowest BCUT2D eigenvalue weighted by Gasteiger charge is -2.15. The first-order valence-electron chi connectivity index (χ1n) is 4.81. The van der Waals surface area contributed by atoms with Gasteiger partial charge in [-0.05, 0) is 19.3 Å². The van der Waals surface area contributed by atoms with Crippen LogP contribution in [-0.2, 0) is 9.53 Å². The summed E-state index contributed by atoms with van der Waals surface area (Å²) in [6.45, 7) is 4.29. The molecule has 78 valence electrons. The lowest BCUT2D eigenvalue weighted by atomic mass is 10.1. The molecule has 0 saturated carbocycles. The van der Waals surface area contributed by atoms with Gasteiger partial charge in [0.05, 0.1) is 0 Å². The van der Waals surface area contributed by atoms with Crippen molar-refractivity contribution in [1.82, 2.24) is 5.43 Å². The lowest BCUT2D eigenvalue weighted by Crippen LogP contribution is -2.25. The van der Waals surface area contributed by atoms with Crippen LogP contribution in [0.5, 0.6) is 0 Å². The molecule has 0 aliphatic carbocycles. The van der Waals surface area contributed by atoms with Crippen LogP contribution in [0.3, 0.4) is 0 Å². The maximum Gasteiger partial charge on any atom is 0.302 e. The third-order valence-corrected chi connectivity index (χ3v) is 1.79. The van der Waals surface area contributed by atoms with Crippen LogP contribution in [0.1, 0.15) is 39.5 Å². The van der Waals surface area contributed by atoms with Gasteiger partial charge in [-0.3, -0.25) is 16.1 Å². The topological polar surface area (TPSA) is 64.3 Å². The molecule has 13 heavy (non-hydrogen) atoms. The Kier molecular flexibility index (Phi) is 7.63. The Morgan fingerprint density at radius 2 is 2.23 bits per heavy atom. The molecule has 0 fully saturated rings. The van der Waals surface area contributed by atoms with Gasteiger partial charge in [-0.2, -0.15) is 0 Å². The number of hydrogen-bond acceptors (Lipinski definition) is 4. The third-order valence-electron chi connectivity index (χ3n) is 1.79. The van der Waals surface area contributed by atoms with Crippen LogP contribution in [-0.4, -0.2) is 18.6 Å². The van der Waals surface area contributed by atoms with Gasteiger partial charge in [-0.1, -0.05) is 13.3 Å². The zero-order chi connectivity index (χ0) is 10.1. The van der Waals surface area contributed by atoms with E-state index in [0.717, 1.165) is 32.2 Å². The fourth-order valence-corrected chi connectivity index (χ4v) is 1.25. The maximum absolute atomic E-state index is 10.7. The van der Waals surface area contributed by atoms with Gasteiger partial charge in [0.2, 0.25) is 0 Å². The average Bonchev–Trinajstić information content (AvgIpc) is 2.04. The Labute approximate surface area is 79.8 Å². The summed E-state index contributed by atoms with van der Waals surface area (Å²) in [5.74, 6) is 4.94. The Balaban J connectivity index is 3.59. The molecule has 1 atom stereocenters. The molecule has 0 spiro atoms. The highest BCUT2D eigenvalue weighted by atomic mass is 16.5. The highest BCUT2D eigenvalue weighted by Crippen LogP contribution is 2.09. The van der Waals surface area contributed by atoms with E-state index in [2.05, 4.69) is 12.3 Å². The van der Waals surface area contributed by atoms with Gasteiger partial charge in [0.25, 0.3) is 0 Å². The summed E-state index contributed by atoms with van der Waals surface area (Å²) < 4.78 is 5.13. The van der Waals surface area contributed by atoms with Crippen molar-refractivity contribution in [2.75, 3.05) is 6.54 Å². The van der Waals surface area contributed by atoms with E-state index >= 15 is 0 Å². The Morgan fingerprint density at radius 3 is 2.69 bits per heavy atom. The Bertz CT molecular complexity index is 140. The van der Waals surface area contributed by atoms with Gasteiger partial charge in [-0.25, -0.2) is 0 Å². The summed E-state index contributed by atoms with van der Waals surface area (Å²) in [6, 6.07) is 0. The van der Waals surface area contributed by atoms with Crippen molar-refractivity contribution >= 4 is 5.97 Å². The molecule has 0 rings (SSSR count). The number of hydrogen-bond donors (Lipinski definition) is 2. The van der Waals surface area contributed by atoms with Crippen LogP contribution in [0.25, 0.3) is 0 Å². The minimum atomic E-state index is -0.195. The van der Waals surface area contributed by atoms with Gasteiger partial charge < -0.3 is 4.74 Å². The van der Waals surface area contributed by atoms with Gasteiger partial charge >= 0.3 is 5.97 Å². The van der Waals surface area contributed by atoms with Gasteiger partial charge in [-0.15, -0.1) is 0 Å². The van der Waals surface area contributed by atoms with Crippen molar-refractivity contribution in [1.29, 1.82) is 0 Å². The average molecular weight is 188 g/mol. The first-order valence-corrected chi connectivity index (χ1v) is 4.81. The molecule has 3 N–H and O–H groups in total. The van der Waals surface area contributed by atoms with Crippen molar-refractivity contribution in [2.45, 2.75) is 45.6 Å². The van der Waals surface area contributed by atoms with E-state index in [1.54, 1.807) is 0 Å². The minimum Gasteiger partial charge on any atom is -0.463 e. The molecule has 1 unspecified atom stereocenters. The van der Waals surface area contributed by atoms with Crippen molar-refractivity contribution in [3.8, 4) is 0 Å². The number of esters is 1. The molecule has 0 bridgehead atoms. The normalized spacial score (nSPS) is 12.5. The van der Waals surface area contributed by atoms with E-state index in [1.165, 1.54) is 6.92 Å². The monoisotopic (exact) mass is 188 g/mol. The molecule has 0 aliphatic heterocycles. The molecular formula is C9H20N2O2. The molecule has 0 heterocycles. The van der Waals surface area contributed by atoms with Crippen molar-refractivity contribution in [2.24, 2.45) is 5.84 Å². The molecule has 0 aliphatic rings. The molecule has 4 heteroatoms. The van der Waals surface area contributed by atoms with Crippen molar-refractivity contribution in [3.63, 3.8) is 0 Å². The molecule has 0 aromatic heterocycles. The van der Waals surface area contributed by atoms with Crippen LogP contribution in [0.4, 0.5) is 0 Å². The van der Waals surface area contributed by atoms with Gasteiger partial charge in [0, 0.05) is 13.5 Å². The number of carbonyl (C=O) groups excluding carboxylic acids is 1. The van der Waals surface area contributed by atoms with E-state index in [9.17, 15) is 4.79 Å². The summed E-state index contributed by atoms with van der Waals surface area (Å²) in [5.41, 5.74) is 2.58. The highest BCUT2D eigenvalue weighted by Gasteiger charge is 2.09. The first-order chi connectivity index (χ1) is 6.20. The largest absolute Gasteiger partial charge is 0.463 e. The second-order valence-corrected chi connectivity index (χ2v) is 3.12. The second kappa shape index (κ2) is 8.01. The number of ether oxygens (including phenoxy) is 1.